The molecule has 4 aliphatic heterocycles. The van der Waals surface area contributed by atoms with Crippen LogP contribution in [-0.4, -0.2) is 96.7 Å². The predicted octanol–water partition coefficient (Wildman–Crippen LogP) is 8.98. The number of hydrogen-bond donors (Lipinski definition) is 2. The molecule has 0 radical (unpaired) electrons. The Kier molecular flexibility index (Phi) is 11.5. The number of likely N-dealkylation sites (tertiary alicyclic amines) is 2. The fourth-order valence-corrected chi connectivity index (χ4v) is 10.4. The van der Waals surface area contributed by atoms with E-state index in [0.717, 1.165) is 65.8 Å². The van der Waals surface area contributed by atoms with Crippen LogP contribution in [0.2, 0.25) is 0 Å². The van der Waals surface area contributed by atoms with Crippen molar-refractivity contribution in [1.29, 1.82) is 0 Å². The molecule has 1 unspecified atom stereocenters. The minimum Gasteiger partial charge on any atom is -0.453 e. The molecule has 3 aromatic rings. The van der Waals surface area contributed by atoms with Crippen molar-refractivity contribution >= 4 is 46.6 Å². The van der Waals surface area contributed by atoms with Gasteiger partial charge in [-0.25, -0.2) is 9.59 Å². The van der Waals surface area contributed by atoms with Gasteiger partial charge in [-0.15, -0.1) is 0 Å². The van der Waals surface area contributed by atoms with Crippen LogP contribution in [0.5, 0.6) is 0 Å². The van der Waals surface area contributed by atoms with Gasteiger partial charge < -0.3 is 29.9 Å². The fourth-order valence-electron chi connectivity index (χ4n) is 10.4. The van der Waals surface area contributed by atoms with Gasteiger partial charge in [0.1, 0.15) is 12.1 Å². The maximum atomic E-state index is 16.6. The van der Waals surface area contributed by atoms with Crippen LogP contribution in [0.4, 0.5) is 18.4 Å². The zero-order chi connectivity index (χ0) is 45.9. The minimum absolute atomic E-state index is 0.0348. The Hall–Kier alpha value is -6.18. The molecule has 4 atom stereocenters. The Labute approximate surface area is 378 Å². The van der Waals surface area contributed by atoms with Crippen molar-refractivity contribution in [3.8, 4) is 22.3 Å². The summed E-state index contributed by atoms with van der Waals surface area (Å²) < 4.78 is 42.7. The number of hydrogen-bond acceptors (Lipinski definition) is 8. The number of amides is 4. The van der Waals surface area contributed by atoms with E-state index in [2.05, 4.69) is 10.6 Å². The lowest BCUT2D eigenvalue weighted by atomic mass is 9.93. The Morgan fingerprint density at radius 3 is 1.72 bits per heavy atom. The van der Waals surface area contributed by atoms with Crippen molar-refractivity contribution in [2.24, 2.45) is 27.2 Å². The molecule has 65 heavy (non-hydrogen) atoms. The Morgan fingerprint density at radius 1 is 0.677 bits per heavy atom. The van der Waals surface area contributed by atoms with Gasteiger partial charge in [-0.1, -0.05) is 76.2 Å². The van der Waals surface area contributed by atoms with E-state index < -0.39 is 30.2 Å². The molecule has 1 spiro atoms. The molecule has 2 saturated heterocycles. The molecule has 2 aliphatic carbocycles. The zero-order valence-electron chi connectivity index (χ0n) is 37.8. The third-order valence-corrected chi connectivity index (χ3v) is 14.3. The first-order valence-electron chi connectivity index (χ1n) is 22.7. The van der Waals surface area contributed by atoms with Gasteiger partial charge in [-0.05, 0) is 106 Å². The third kappa shape index (κ3) is 8.13. The largest absolute Gasteiger partial charge is 0.453 e. The lowest BCUT2D eigenvalue weighted by Crippen LogP contribution is -2.53. The number of aliphatic imine (C=N–C) groups is 2. The highest BCUT2D eigenvalue weighted by Gasteiger charge is 2.55. The molecule has 12 nitrogen and oxygen atoms in total. The van der Waals surface area contributed by atoms with Crippen molar-refractivity contribution in [3.63, 3.8) is 0 Å². The average molecular weight is 887 g/mol. The molecule has 0 aromatic heterocycles. The maximum Gasteiger partial charge on any atom is 0.407 e. The van der Waals surface area contributed by atoms with Crippen LogP contribution >= 0.6 is 0 Å². The highest BCUT2D eigenvalue weighted by molar-refractivity contribution is 6.05. The number of nitrogens with one attached hydrogen (secondary N) is 2. The first-order valence-corrected chi connectivity index (χ1v) is 22.7. The summed E-state index contributed by atoms with van der Waals surface area (Å²) in [5.41, 5.74) is 7.68. The summed E-state index contributed by atoms with van der Waals surface area (Å²) in [4.78, 5) is 65.0. The molecule has 4 heterocycles. The summed E-state index contributed by atoms with van der Waals surface area (Å²) in [6.45, 7) is 8.75. The summed E-state index contributed by atoms with van der Waals surface area (Å²) in [6.07, 6.45) is 7.80. The second kappa shape index (κ2) is 17.0. The van der Waals surface area contributed by atoms with Gasteiger partial charge in [0.05, 0.1) is 26.3 Å². The number of alkyl halides is 2. The van der Waals surface area contributed by atoms with Gasteiger partial charge in [-0.2, -0.15) is 8.78 Å². The molecule has 6 aliphatic rings. The summed E-state index contributed by atoms with van der Waals surface area (Å²) in [5, 5.41) is 5.42. The van der Waals surface area contributed by atoms with Crippen LogP contribution < -0.4 is 10.6 Å². The lowest BCUT2D eigenvalue weighted by molar-refractivity contribution is -0.135. The highest BCUT2D eigenvalue weighted by atomic mass is 19.3. The topological polar surface area (TPSA) is 142 Å². The number of ether oxygens (including phenoxy) is 2. The first-order chi connectivity index (χ1) is 31.1. The predicted molar refractivity (Wildman–Crippen MR) is 245 cm³/mol. The number of carbonyl (C=O) groups is 4. The summed E-state index contributed by atoms with van der Waals surface area (Å²) >= 11 is 0. The normalized spacial score (nSPS) is 21.9. The fraction of sp³-hybridized carbons (Fsp3) is 0.451. The molecule has 3 aromatic carbocycles. The van der Waals surface area contributed by atoms with E-state index in [-0.39, 0.29) is 52.3 Å². The van der Waals surface area contributed by atoms with Crippen LogP contribution in [0.25, 0.3) is 33.4 Å². The smallest absolute Gasteiger partial charge is 0.407 e. The number of benzene rings is 3. The SMILES string of the molecule is COC(=O)NC(C(=O)N1CCC[C@H]1C1=NC=C(c2ccc(-c3ccc4c(c3)C(F)(F)c3cc(C5=CN=C([C@@H]6CC7(CC7)CN6C(=O)[C@@H](NC(=O)OC)C(C)C)C5)ccc3-4)cc2)C1)C(C)C. The second-order valence-electron chi connectivity index (χ2n) is 19.2. The number of halogens is 2. The molecule has 14 heteroatoms. The molecule has 3 fully saturated rings. The second-order valence-corrected chi connectivity index (χ2v) is 19.2. The van der Waals surface area contributed by atoms with E-state index in [4.69, 9.17) is 19.5 Å². The van der Waals surface area contributed by atoms with Crippen molar-refractivity contribution in [2.45, 2.75) is 103 Å². The molecule has 2 N–H and O–H groups in total. The van der Waals surface area contributed by atoms with Gasteiger partial charge in [0.15, 0.2) is 0 Å². The Bertz CT molecular complexity index is 2580. The number of allylic oxidation sites excluding steroid dienone is 2. The van der Waals surface area contributed by atoms with Crippen molar-refractivity contribution in [3.05, 3.63) is 95.3 Å². The molecule has 4 amide bonds. The van der Waals surface area contributed by atoms with E-state index in [9.17, 15) is 19.2 Å². The minimum atomic E-state index is -3.23. The van der Waals surface area contributed by atoms with E-state index in [1.54, 1.807) is 30.5 Å². The number of methoxy groups -OCH3 is 2. The van der Waals surface area contributed by atoms with Crippen molar-refractivity contribution < 1.29 is 37.4 Å². The highest BCUT2D eigenvalue weighted by Crippen LogP contribution is 2.56. The quantitative estimate of drug-likeness (QED) is 0.197. The van der Waals surface area contributed by atoms with Crippen molar-refractivity contribution in [2.75, 3.05) is 27.3 Å². The van der Waals surface area contributed by atoms with Crippen LogP contribution in [0.1, 0.15) is 94.9 Å². The third-order valence-electron chi connectivity index (χ3n) is 14.3. The zero-order valence-corrected chi connectivity index (χ0v) is 37.8. The molecule has 340 valence electrons. The molecule has 9 rings (SSSR count). The molecular weight excluding hydrogens is 831 g/mol. The van der Waals surface area contributed by atoms with E-state index in [1.807, 2.05) is 80.1 Å². The maximum absolute atomic E-state index is 16.6. The average Bonchev–Trinajstić information content (AvgIpc) is 3.90. The van der Waals surface area contributed by atoms with Gasteiger partial charge >= 0.3 is 12.2 Å². The molecule has 0 bridgehead atoms. The van der Waals surface area contributed by atoms with Crippen LogP contribution in [0, 0.1) is 17.3 Å². The molecular formula is C51H56F2N6O6. The monoisotopic (exact) mass is 886 g/mol. The van der Waals surface area contributed by atoms with Gasteiger partial charge in [0, 0.05) is 60.9 Å². The number of alkyl carbamates (subject to hydrolysis) is 2. The number of rotatable bonds is 11. The molecule has 1 saturated carbocycles. The number of nitrogens with zero attached hydrogens (tertiary/aromatic N) is 4. The van der Waals surface area contributed by atoms with Gasteiger partial charge in [0.25, 0.3) is 5.92 Å². The van der Waals surface area contributed by atoms with E-state index in [1.165, 1.54) is 14.2 Å². The van der Waals surface area contributed by atoms with Gasteiger partial charge in [0.2, 0.25) is 11.8 Å². The number of fused-ring (bicyclic) bond motifs is 3. The lowest BCUT2D eigenvalue weighted by Gasteiger charge is -2.31. The Morgan fingerprint density at radius 2 is 1.17 bits per heavy atom. The summed E-state index contributed by atoms with van der Waals surface area (Å²) in [5.74, 6) is -3.82. The van der Waals surface area contributed by atoms with Crippen LogP contribution in [-0.2, 0) is 25.0 Å². The van der Waals surface area contributed by atoms with E-state index >= 15 is 8.78 Å². The summed E-state index contributed by atoms with van der Waals surface area (Å²) in [6, 6.07) is 16.5. The number of carbonyl (C=O) groups excluding carboxylic acids is 4. The Balaban J connectivity index is 0.861. The summed E-state index contributed by atoms with van der Waals surface area (Å²) in [7, 11) is 2.56. The van der Waals surface area contributed by atoms with Crippen molar-refractivity contribution in [1.82, 2.24) is 20.4 Å². The van der Waals surface area contributed by atoms with E-state index in [0.29, 0.717) is 48.2 Å². The van der Waals surface area contributed by atoms with Crippen LogP contribution in [0.3, 0.4) is 0 Å². The standard InChI is InChI=1S/C51H56F2N6O6/c1-28(2)44(56-48(62)64-5)46(60)58-19-7-8-42(58)40-22-34(25-54-40)31-11-9-30(10-12-31)32-13-15-36-37-16-14-33(21-39(37)51(52,53)38(36)20-32)35-23-41(55-26-35)43-24-50(17-18-50)27-59(43)47(61)45(29(3)4)57-49(63)65-6/h9-16,20-21,25-26,28-29,42-45H,7-8,17-19,22-24,27H2,1-6H3,(H,56,62)(H,57,63)/t42-,43-,44?,45-/m0/s1. The van der Waals surface area contributed by atoms with Crippen LogP contribution in [0.15, 0.2) is 83.0 Å². The first kappa shape index (κ1) is 44.0. The van der Waals surface area contributed by atoms with Gasteiger partial charge in [-0.3, -0.25) is 19.6 Å².